The van der Waals surface area contributed by atoms with Gasteiger partial charge < -0.3 is 10.2 Å². The standard InChI is InChI=1S/C6H9N2O2/c1-2-6(9,10)8-5-3-4-7-8/h3,5,9-10H,2H2,1H3. The summed E-state index contributed by atoms with van der Waals surface area (Å²) in [7, 11) is 0. The average Bonchev–Trinajstić information content (AvgIpc) is 2.38. The maximum Gasteiger partial charge on any atom is 0.265 e. The summed E-state index contributed by atoms with van der Waals surface area (Å²) in [6.45, 7) is 1.65. The predicted molar refractivity (Wildman–Crippen MR) is 33.8 cm³/mol. The van der Waals surface area contributed by atoms with Gasteiger partial charge in [0.05, 0.1) is 0 Å². The van der Waals surface area contributed by atoms with Gasteiger partial charge in [0.2, 0.25) is 0 Å². The zero-order chi connectivity index (χ0) is 7.61. The van der Waals surface area contributed by atoms with Crippen LogP contribution in [0.2, 0.25) is 0 Å². The molecular formula is C6H9N2O2. The summed E-state index contributed by atoms with van der Waals surface area (Å²) in [5.74, 6) is -1.86. The molecule has 1 rings (SSSR count). The molecule has 0 saturated carbocycles. The Morgan fingerprint density at radius 1 is 1.70 bits per heavy atom. The van der Waals surface area contributed by atoms with Gasteiger partial charge in [-0.15, -0.1) is 0 Å². The summed E-state index contributed by atoms with van der Waals surface area (Å²) in [5, 5.41) is 21.8. The SMILES string of the molecule is CCC(O)(O)n1cc[c]n1. The van der Waals surface area contributed by atoms with Crippen LogP contribution in [0.15, 0.2) is 12.3 Å². The Hall–Kier alpha value is -0.870. The Kier molecular flexibility index (Phi) is 1.74. The minimum absolute atomic E-state index is 0.197. The fourth-order valence-electron chi connectivity index (χ4n) is 0.594. The Labute approximate surface area is 58.7 Å². The molecule has 0 aliphatic heterocycles. The molecule has 2 N–H and O–H groups in total. The summed E-state index contributed by atoms with van der Waals surface area (Å²) in [6.07, 6.45) is 4.11. The lowest BCUT2D eigenvalue weighted by Gasteiger charge is -2.19. The fourth-order valence-corrected chi connectivity index (χ4v) is 0.594. The Morgan fingerprint density at radius 3 is 2.80 bits per heavy atom. The zero-order valence-corrected chi connectivity index (χ0v) is 5.65. The molecule has 0 bridgehead atoms. The van der Waals surface area contributed by atoms with Gasteiger partial charge in [0.1, 0.15) is 6.20 Å². The summed E-state index contributed by atoms with van der Waals surface area (Å²) in [6, 6.07) is 1.51. The first kappa shape index (κ1) is 7.24. The van der Waals surface area contributed by atoms with E-state index >= 15 is 0 Å². The van der Waals surface area contributed by atoms with Gasteiger partial charge >= 0.3 is 0 Å². The molecule has 0 aliphatic rings. The van der Waals surface area contributed by atoms with Crippen molar-refractivity contribution >= 4 is 0 Å². The third-order valence-electron chi connectivity index (χ3n) is 1.30. The van der Waals surface area contributed by atoms with E-state index in [0.29, 0.717) is 0 Å². The van der Waals surface area contributed by atoms with Crippen LogP contribution in [-0.4, -0.2) is 20.0 Å². The van der Waals surface area contributed by atoms with Crippen molar-refractivity contribution in [3.63, 3.8) is 0 Å². The molecule has 0 aliphatic carbocycles. The number of nitrogens with zero attached hydrogens (tertiary/aromatic N) is 2. The van der Waals surface area contributed by atoms with Gasteiger partial charge in [0.15, 0.2) is 0 Å². The summed E-state index contributed by atoms with van der Waals surface area (Å²) < 4.78 is 1.05. The minimum Gasteiger partial charge on any atom is -0.347 e. The van der Waals surface area contributed by atoms with E-state index in [1.165, 1.54) is 12.3 Å². The average molecular weight is 141 g/mol. The van der Waals surface area contributed by atoms with Gasteiger partial charge in [-0.05, 0) is 6.07 Å². The summed E-state index contributed by atoms with van der Waals surface area (Å²) in [5.41, 5.74) is 0. The van der Waals surface area contributed by atoms with Crippen molar-refractivity contribution in [2.24, 2.45) is 0 Å². The molecule has 0 saturated heterocycles. The quantitative estimate of drug-likeness (QED) is 0.555. The van der Waals surface area contributed by atoms with E-state index in [1.807, 2.05) is 0 Å². The van der Waals surface area contributed by atoms with E-state index < -0.39 is 5.91 Å². The van der Waals surface area contributed by atoms with Crippen LogP contribution in [0.4, 0.5) is 0 Å². The smallest absolute Gasteiger partial charge is 0.265 e. The minimum atomic E-state index is -1.86. The number of rotatable bonds is 2. The molecular weight excluding hydrogens is 132 g/mol. The largest absolute Gasteiger partial charge is 0.347 e. The third-order valence-corrected chi connectivity index (χ3v) is 1.30. The van der Waals surface area contributed by atoms with Crippen LogP contribution >= 0.6 is 0 Å². The van der Waals surface area contributed by atoms with E-state index in [9.17, 15) is 0 Å². The number of aliphatic hydroxyl groups is 2. The molecule has 0 atom stereocenters. The monoisotopic (exact) mass is 141 g/mol. The first-order valence-corrected chi connectivity index (χ1v) is 3.04. The lowest BCUT2D eigenvalue weighted by Crippen LogP contribution is -2.32. The van der Waals surface area contributed by atoms with Crippen molar-refractivity contribution in [3.05, 3.63) is 18.5 Å². The Morgan fingerprint density at radius 2 is 2.40 bits per heavy atom. The Balaban J connectivity index is 2.85. The second-order valence-electron chi connectivity index (χ2n) is 2.02. The number of hydrogen-bond acceptors (Lipinski definition) is 3. The molecule has 1 aromatic rings. The topological polar surface area (TPSA) is 58.3 Å². The van der Waals surface area contributed by atoms with Crippen molar-refractivity contribution < 1.29 is 10.2 Å². The molecule has 0 amide bonds. The van der Waals surface area contributed by atoms with Crippen LogP contribution in [0.25, 0.3) is 0 Å². The normalized spacial score (nSPS) is 11.9. The molecule has 4 nitrogen and oxygen atoms in total. The molecule has 55 valence electrons. The molecule has 0 aromatic carbocycles. The van der Waals surface area contributed by atoms with Gasteiger partial charge in [-0.3, -0.25) is 0 Å². The Bertz CT molecular complexity index is 194. The van der Waals surface area contributed by atoms with Gasteiger partial charge in [-0.25, -0.2) is 4.68 Å². The van der Waals surface area contributed by atoms with Crippen molar-refractivity contribution in [2.75, 3.05) is 0 Å². The lowest BCUT2D eigenvalue weighted by atomic mass is 10.4. The highest BCUT2D eigenvalue weighted by Crippen LogP contribution is 2.09. The molecule has 10 heavy (non-hydrogen) atoms. The first-order valence-electron chi connectivity index (χ1n) is 3.04. The molecule has 1 heterocycles. The van der Waals surface area contributed by atoms with Crippen molar-refractivity contribution in [3.8, 4) is 0 Å². The maximum absolute atomic E-state index is 9.12. The second kappa shape index (κ2) is 2.40. The van der Waals surface area contributed by atoms with E-state index in [4.69, 9.17) is 10.2 Å². The van der Waals surface area contributed by atoms with Crippen molar-refractivity contribution in [2.45, 2.75) is 19.3 Å². The van der Waals surface area contributed by atoms with Crippen LogP contribution in [-0.2, 0) is 5.91 Å². The van der Waals surface area contributed by atoms with E-state index in [2.05, 4.69) is 11.3 Å². The molecule has 0 unspecified atom stereocenters. The highest BCUT2D eigenvalue weighted by atomic mass is 16.5. The molecule has 1 aromatic heterocycles. The van der Waals surface area contributed by atoms with Crippen LogP contribution in [0, 0.1) is 6.20 Å². The van der Waals surface area contributed by atoms with Gasteiger partial charge in [0.25, 0.3) is 5.91 Å². The molecule has 4 heteroatoms. The van der Waals surface area contributed by atoms with E-state index in [-0.39, 0.29) is 6.42 Å². The van der Waals surface area contributed by atoms with Crippen molar-refractivity contribution in [1.82, 2.24) is 9.78 Å². The highest BCUT2D eigenvalue weighted by Gasteiger charge is 2.22. The fraction of sp³-hybridized carbons (Fsp3) is 0.500. The predicted octanol–water partition coefficient (Wildman–Crippen LogP) is -0.312. The maximum atomic E-state index is 9.12. The van der Waals surface area contributed by atoms with Crippen LogP contribution in [0.1, 0.15) is 13.3 Å². The van der Waals surface area contributed by atoms with Crippen LogP contribution < -0.4 is 0 Å². The number of hydrogen-bond donors (Lipinski definition) is 2. The third kappa shape index (κ3) is 1.17. The number of aromatic nitrogens is 2. The molecule has 0 spiro atoms. The van der Waals surface area contributed by atoms with E-state index in [1.54, 1.807) is 6.92 Å². The van der Waals surface area contributed by atoms with Gasteiger partial charge in [0, 0.05) is 12.6 Å². The van der Waals surface area contributed by atoms with Gasteiger partial charge in [-0.1, -0.05) is 6.92 Å². The molecule has 1 radical (unpaired) electrons. The second-order valence-corrected chi connectivity index (χ2v) is 2.02. The first-order chi connectivity index (χ1) is 4.67. The van der Waals surface area contributed by atoms with E-state index in [0.717, 1.165) is 4.68 Å². The van der Waals surface area contributed by atoms with Crippen LogP contribution in [0.5, 0.6) is 0 Å². The lowest BCUT2D eigenvalue weighted by molar-refractivity contribution is -0.237. The highest BCUT2D eigenvalue weighted by molar-refractivity contribution is 4.78. The van der Waals surface area contributed by atoms with Crippen LogP contribution in [0.3, 0.4) is 0 Å². The summed E-state index contributed by atoms with van der Waals surface area (Å²) >= 11 is 0. The molecule has 0 fully saturated rings. The zero-order valence-electron chi connectivity index (χ0n) is 5.65. The summed E-state index contributed by atoms with van der Waals surface area (Å²) in [4.78, 5) is 0. The van der Waals surface area contributed by atoms with Crippen molar-refractivity contribution in [1.29, 1.82) is 0 Å². The van der Waals surface area contributed by atoms with Gasteiger partial charge in [-0.2, -0.15) is 5.10 Å².